The molecular formula is C9H10FeN7. The average molecular weight is 272 g/mol. The molecule has 0 bridgehead atoms. The van der Waals surface area contributed by atoms with Gasteiger partial charge in [-0.15, -0.1) is 0 Å². The van der Waals surface area contributed by atoms with Crippen molar-refractivity contribution in [2.45, 2.75) is 0 Å². The molecule has 0 atom stereocenters. The van der Waals surface area contributed by atoms with Crippen molar-refractivity contribution in [3.8, 4) is 0 Å². The van der Waals surface area contributed by atoms with E-state index in [1.54, 1.807) is 0 Å². The topological polar surface area (TPSA) is 143 Å². The Labute approximate surface area is 113 Å². The monoisotopic (exact) mass is 272 g/mol. The third-order valence-electron chi connectivity index (χ3n) is 0.957. The summed E-state index contributed by atoms with van der Waals surface area (Å²) in [7, 11) is 0. The van der Waals surface area contributed by atoms with E-state index < -0.39 is 0 Å². The number of nitrogens with zero attached hydrogens (tertiary/aromatic N) is 5. The summed E-state index contributed by atoms with van der Waals surface area (Å²) in [5.41, 5.74) is 0. The third kappa shape index (κ3) is 130. The molecule has 0 unspecified atom stereocenters. The van der Waals surface area contributed by atoms with Gasteiger partial charge in [0, 0.05) is 26.2 Å². The fraction of sp³-hybridized carbons (Fsp3) is 0.444. The maximum Gasteiger partial charge on any atom is 5.00 e. The van der Waals surface area contributed by atoms with Gasteiger partial charge in [0.1, 0.15) is 0 Å². The van der Waals surface area contributed by atoms with E-state index in [1.165, 1.54) is 0 Å². The van der Waals surface area contributed by atoms with Crippen LogP contribution in [0.5, 0.6) is 0 Å². The van der Waals surface area contributed by atoms with Crippen molar-refractivity contribution < 1.29 is 17.1 Å². The molecule has 1 aliphatic heterocycles. The molecule has 8 heteroatoms. The number of nitrogens with one attached hydrogen (secondary N) is 2. The van der Waals surface area contributed by atoms with Crippen LogP contribution in [0.2, 0.25) is 0 Å². The zero-order valence-corrected chi connectivity index (χ0v) is 10.0. The summed E-state index contributed by atoms with van der Waals surface area (Å²) in [6, 6.07) is 0. The number of hydrogen-bond donors (Lipinski definition) is 2. The second-order valence-electron chi connectivity index (χ2n) is 1.50. The molecule has 89 valence electrons. The van der Waals surface area contributed by atoms with Crippen molar-refractivity contribution in [1.82, 2.24) is 10.6 Å². The van der Waals surface area contributed by atoms with Crippen molar-refractivity contribution in [2.75, 3.05) is 26.2 Å². The molecule has 2 N–H and O–H groups in total. The van der Waals surface area contributed by atoms with Gasteiger partial charge >= 0.3 is 17.1 Å². The first-order valence-electron chi connectivity index (χ1n) is 3.53. The molecule has 1 heterocycles. The standard InChI is InChI=1S/C4H10N2.5CN.Fe/c1-2-6-4-3-5-1;5*1-2;/h5-6H,1-4H2;;;;;;/q;5*-1;+5. The summed E-state index contributed by atoms with van der Waals surface area (Å²) in [6.45, 7) is 28.3. The molecule has 0 spiro atoms. The first kappa shape index (κ1) is 36.3. The van der Waals surface area contributed by atoms with Crippen molar-refractivity contribution in [2.24, 2.45) is 0 Å². The summed E-state index contributed by atoms with van der Waals surface area (Å²) in [5.74, 6) is 0. The van der Waals surface area contributed by atoms with Crippen LogP contribution in [0, 0.1) is 59.2 Å². The van der Waals surface area contributed by atoms with E-state index in [-0.39, 0.29) is 17.1 Å². The summed E-state index contributed by atoms with van der Waals surface area (Å²) in [4.78, 5) is 0. The molecule has 1 rings (SSSR count). The Morgan fingerprint density at radius 3 is 0.647 bits per heavy atom. The Kier molecular flexibility index (Phi) is 326. The van der Waals surface area contributed by atoms with Gasteiger partial charge in [0.05, 0.1) is 0 Å². The van der Waals surface area contributed by atoms with E-state index in [4.69, 9.17) is 59.2 Å². The van der Waals surface area contributed by atoms with Gasteiger partial charge < -0.3 is 69.8 Å². The molecule has 17 heavy (non-hydrogen) atoms. The second kappa shape index (κ2) is 153. The molecule has 0 saturated carbocycles. The Bertz CT molecular complexity index is 132. The van der Waals surface area contributed by atoms with Gasteiger partial charge in [-0.2, -0.15) is 0 Å². The maximum absolute atomic E-state index is 6.25. The number of rotatable bonds is 0. The van der Waals surface area contributed by atoms with E-state index in [2.05, 4.69) is 10.6 Å². The molecule has 7 nitrogen and oxygen atoms in total. The fourth-order valence-electron chi connectivity index (χ4n) is 0.604. The van der Waals surface area contributed by atoms with Gasteiger partial charge in [0.15, 0.2) is 0 Å². The van der Waals surface area contributed by atoms with E-state index >= 15 is 0 Å². The van der Waals surface area contributed by atoms with E-state index in [0.29, 0.717) is 0 Å². The predicted octanol–water partition coefficient (Wildman–Crippen LogP) is -0.341. The average Bonchev–Trinajstić information content (AvgIpc) is 2.51. The van der Waals surface area contributed by atoms with Crippen LogP contribution in [-0.4, -0.2) is 26.2 Å². The Balaban J connectivity index is -0.0000000242. The fourth-order valence-corrected chi connectivity index (χ4v) is 0.604. The molecule has 1 saturated heterocycles. The van der Waals surface area contributed by atoms with Crippen LogP contribution >= 0.6 is 0 Å². The summed E-state index contributed by atoms with van der Waals surface area (Å²) >= 11 is 0. The maximum atomic E-state index is 6.25. The predicted molar refractivity (Wildman–Crippen MR) is 50.6 cm³/mol. The summed E-state index contributed by atoms with van der Waals surface area (Å²) in [6.07, 6.45) is 0. The third-order valence-corrected chi connectivity index (χ3v) is 0.957. The molecule has 0 aromatic rings. The number of hydrogen-bond acceptors (Lipinski definition) is 7. The molecule has 0 aliphatic carbocycles. The largest absolute Gasteiger partial charge is 5.00 e. The molecule has 0 amide bonds. The van der Waals surface area contributed by atoms with Gasteiger partial charge in [-0.1, -0.05) is 0 Å². The zero-order chi connectivity index (χ0) is 14.2. The SMILES string of the molecule is C1CNCCN1.[C-]#N.[C-]#N.[C-]#N.[C-]#N.[C-]#N.[Fe+5]. The molecule has 0 aromatic carbocycles. The molecule has 1 aliphatic rings. The van der Waals surface area contributed by atoms with Gasteiger partial charge in [0.25, 0.3) is 0 Å². The van der Waals surface area contributed by atoms with Crippen molar-refractivity contribution in [1.29, 1.82) is 26.3 Å². The second-order valence-corrected chi connectivity index (χ2v) is 1.50. The van der Waals surface area contributed by atoms with E-state index in [1.807, 2.05) is 0 Å². The van der Waals surface area contributed by atoms with Crippen LogP contribution in [0.15, 0.2) is 0 Å². The van der Waals surface area contributed by atoms with Crippen LogP contribution in [-0.2, 0) is 17.1 Å². The smallest absolute Gasteiger partial charge is 0.512 e. The summed E-state index contributed by atoms with van der Waals surface area (Å²) in [5, 5.41) is 37.7. The van der Waals surface area contributed by atoms with Gasteiger partial charge in [-0.05, 0) is 0 Å². The minimum Gasteiger partial charge on any atom is -0.512 e. The van der Waals surface area contributed by atoms with Crippen LogP contribution < -0.4 is 10.6 Å². The van der Waals surface area contributed by atoms with Crippen LogP contribution in [0.3, 0.4) is 0 Å². The van der Waals surface area contributed by atoms with Gasteiger partial charge in [-0.25, -0.2) is 0 Å². The minimum absolute atomic E-state index is 0. The minimum atomic E-state index is 0. The Morgan fingerprint density at radius 1 is 0.471 bits per heavy atom. The van der Waals surface area contributed by atoms with Crippen LogP contribution in [0.1, 0.15) is 0 Å². The van der Waals surface area contributed by atoms with Crippen LogP contribution in [0.4, 0.5) is 0 Å². The molecular weight excluding hydrogens is 262 g/mol. The van der Waals surface area contributed by atoms with E-state index in [0.717, 1.165) is 26.2 Å². The zero-order valence-electron chi connectivity index (χ0n) is 8.92. The van der Waals surface area contributed by atoms with Crippen molar-refractivity contribution >= 4 is 0 Å². The number of piperazine rings is 1. The first-order valence-corrected chi connectivity index (χ1v) is 3.53. The summed E-state index contributed by atoms with van der Waals surface area (Å²) < 4.78 is 0. The van der Waals surface area contributed by atoms with Crippen molar-refractivity contribution in [3.05, 3.63) is 32.9 Å². The van der Waals surface area contributed by atoms with Gasteiger partial charge in [-0.3, -0.25) is 0 Å². The Morgan fingerprint density at radius 2 is 0.588 bits per heavy atom. The van der Waals surface area contributed by atoms with Crippen LogP contribution in [0.25, 0.3) is 0 Å². The van der Waals surface area contributed by atoms with Gasteiger partial charge in [0.2, 0.25) is 0 Å². The normalized spacial score (nSPS) is 9.06. The molecule has 0 aromatic heterocycles. The Hall–Kier alpha value is -2.11. The molecule has 1 radical (unpaired) electrons. The van der Waals surface area contributed by atoms with Crippen molar-refractivity contribution in [3.63, 3.8) is 0 Å². The first-order chi connectivity index (χ1) is 8.00. The molecule has 1 fully saturated rings. The quantitative estimate of drug-likeness (QED) is 0.453. The van der Waals surface area contributed by atoms with E-state index in [9.17, 15) is 0 Å².